The van der Waals surface area contributed by atoms with Gasteiger partial charge < -0.3 is 24.4 Å². The number of carbonyl (C=O) groups excluding carboxylic acids is 1. The van der Waals surface area contributed by atoms with Crippen LogP contribution in [0.4, 0.5) is 0 Å². The van der Waals surface area contributed by atoms with Crippen LogP contribution in [0.15, 0.2) is 47.6 Å². The molecule has 1 aliphatic carbocycles. The van der Waals surface area contributed by atoms with Gasteiger partial charge in [0.1, 0.15) is 12.2 Å². The summed E-state index contributed by atoms with van der Waals surface area (Å²) in [5, 5.41) is 20.5. The lowest BCUT2D eigenvalue weighted by Gasteiger charge is -2.35. The predicted molar refractivity (Wildman–Crippen MR) is 137 cm³/mol. The molecule has 0 aromatic heterocycles. The Morgan fingerprint density at radius 3 is 2.63 bits per heavy atom. The molecule has 2 fully saturated rings. The highest BCUT2D eigenvalue weighted by Crippen LogP contribution is 2.48. The Hall–Kier alpha value is -1.73. The highest BCUT2D eigenvalue weighted by Gasteiger charge is 2.43. The van der Waals surface area contributed by atoms with Crippen LogP contribution < -0.4 is 0 Å². The van der Waals surface area contributed by atoms with Crippen molar-refractivity contribution < 1.29 is 29.2 Å². The van der Waals surface area contributed by atoms with Gasteiger partial charge in [0.05, 0.1) is 37.9 Å². The van der Waals surface area contributed by atoms with E-state index in [0.717, 1.165) is 12.8 Å². The molecule has 2 N–H and O–H groups in total. The van der Waals surface area contributed by atoms with Crippen LogP contribution in [0.1, 0.15) is 60.3 Å². The maximum atomic E-state index is 11.6. The van der Waals surface area contributed by atoms with E-state index in [9.17, 15) is 15.0 Å². The molecular weight excluding hydrogens is 444 g/mol. The minimum Gasteiger partial charge on any atom is -0.469 e. The lowest BCUT2D eigenvalue weighted by molar-refractivity contribution is -0.165. The number of esters is 1. The van der Waals surface area contributed by atoms with E-state index in [1.165, 1.54) is 18.3 Å². The minimum atomic E-state index is -0.996. The highest BCUT2D eigenvalue weighted by atomic mass is 16.5. The summed E-state index contributed by atoms with van der Waals surface area (Å²) >= 11 is 0. The maximum Gasteiger partial charge on any atom is 0.308 e. The summed E-state index contributed by atoms with van der Waals surface area (Å²) in [5.74, 6) is 1.27. The molecule has 2 heterocycles. The summed E-state index contributed by atoms with van der Waals surface area (Å²) in [6, 6.07) is 0. The molecule has 10 atom stereocenters. The first kappa shape index (κ1) is 27.9. The number of hydrogen-bond acceptors (Lipinski definition) is 6. The Morgan fingerprint density at radius 2 is 1.94 bits per heavy atom. The zero-order valence-electron chi connectivity index (χ0n) is 22.1. The number of allylic oxidation sites excluding steroid dienone is 4. The molecule has 0 unspecified atom stereocenters. The number of aliphatic hydroxyl groups is 2. The summed E-state index contributed by atoms with van der Waals surface area (Å²) in [4.78, 5) is 11.6. The van der Waals surface area contributed by atoms with Crippen LogP contribution in [-0.2, 0) is 19.0 Å². The Bertz CT molecular complexity index is 842. The van der Waals surface area contributed by atoms with Crippen molar-refractivity contribution in [1.82, 2.24) is 0 Å². The van der Waals surface area contributed by atoms with Crippen LogP contribution in [0.5, 0.6) is 0 Å². The van der Waals surface area contributed by atoms with Crippen molar-refractivity contribution >= 4 is 5.97 Å². The second-order valence-corrected chi connectivity index (χ2v) is 10.6. The van der Waals surface area contributed by atoms with Gasteiger partial charge in [-0.25, -0.2) is 0 Å². The fourth-order valence-corrected chi connectivity index (χ4v) is 5.29. The smallest absolute Gasteiger partial charge is 0.308 e. The van der Waals surface area contributed by atoms with E-state index >= 15 is 0 Å². The van der Waals surface area contributed by atoms with Crippen molar-refractivity contribution in [2.24, 2.45) is 23.7 Å². The van der Waals surface area contributed by atoms with E-state index in [2.05, 4.69) is 65.0 Å². The van der Waals surface area contributed by atoms with Gasteiger partial charge in [0.2, 0.25) is 0 Å². The molecule has 3 aliphatic rings. The number of carbonyl (C=O) groups is 1. The van der Waals surface area contributed by atoms with E-state index in [0.29, 0.717) is 23.7 Å². The molecule has 1 saturated heterocycles. The Labute approximate surface area is 210 Å². The second-order valence-electron chi connectivity index (χ2n) is 10.6. The third kappa shape index (κ3) is 7.39. The third-order valence-electron chi connectivity index (χ3n) is 7.78. The first-order valence-electron chi connectivity index (χ1n) is 13.1. The van der Waals surface area contributed by atoms with Crippen LogP contribution in [0.25, 0.3) is 0 Å². The molecule has 0 bridgehead atoms. The van der Waals surface area contributed by atoms with Crippen molar-refractivity contribution in [3.05, 3.63) is 47.6 Å². The second kappa shape index (κ2) is 12.5. The van der Waals surface area contributed by atoms with E-state index in [4.69, 9.17) is 14.2 Å². The fourth-order valence-electron chi connectivity index (χ4n) is 5.29. The van der Waals surface area contributed by atoms with Gasteiger partial charge in [0, 0.05) is 6.42 Å². The largest absolute Gasteiger partial charge is 0.469 e. The van der Waals surface area contributed by atoms with Crippen LogP contribution in [0.2, 0.25) is 0 Å². The number of hydrogen-bond donors (Lipinski definition) is 2. The zero-order chi connectivity index (χ0) is 25.7. The number of aliphatic hydroxyl groups excluding tert-OH is 2. The van der Waals surface area contributed by atoms with Crippen LogP contribution in [0.3, 0.4) is 0 Å². The summed E-state index contributed by atoms with van der Waals surface area (Å²) < 4.78 is 16.9. The van der Waals surface area contributed by atoms with Crippen LogP contribution in [-0.4, -0.2) is 59.9 Å². The average molecular weight is 489 g/mol. The molecule has 0 spiro atoms. The van der Waals surface area contributed by atoms with Crippen molar-refractivity contribution in [3.8, 4) is 0 Å². The average Bonchev–Trinajstić information content (AvgIpc) is 3.46. The Kier molecular flexibility index (Phi) is 9.94. The molecule has 0 aromatic carbocycles. The lowest BCUT2D eigenvalue weighted by Crippen LogP contribution is -2.47. The highest BCUT2D eigenvalue weighted by molar-refractivity contribution is 5.69. The van der Waals surface area contributed by atoms with Gasteiger partial charge in [0.25, 0.3) is 0 Å². The summed E-state index contributed by atoms with van der Waals surface area (Å²) in [5.41, 5.74) is 2.62. The van der Waals surface area contributed by atoms with Gasteiger partial charge in [-0.3, -0.25) is 4.79 Å². The topological polar surface area (TPSA) is 85.2 Å². The lowest BCUT2D eigenvalue weighted by atomic mass is 9.95. The van der Waals surface area contributed by atoms with Gasteiger partial charge >= 0.3 is 5.97 Å². The molecule has 2 aliphatic heterocycles. The molecular formula is C29H44O6. The summed E-state index contributed by atoms with van der Waals surface area (Å²) in [7, 11) is 1.33. The molecule has 196 valence electrons. The predicted octanol–water partition coefficient (Wildman–Crippen LogP) is 4.52. The SMILES string of the molecule is CC[C@H]1O[C@@H](/C(C)=C/[C@@H](C)/C=C/[C@@H]2[C@@H](C)[C@H]2/C=C/[C@H]2O[C@@H](CC(=O)OC)C[C@@H](O)[C@@H]2O)CC=C1C. The summed E-state index contributed by atoms with van der Waals surface area (Å²) in [6.45, 7) is 10.9. The molecule has 6 heteroatoms. The standard InChI is InChI=1S/C29H44O6/c1-7-25-18(3)9-12-26(35-25)19(4)14-17(2)8-10-22-20(5)23(22)11-13-27-29(32)24(30)15-21(34-27)16-28(31)33-6/h8-11,13-14,17,20-27,29-30,32H,7,12,15-16H2,1-6H3/b10-8+,13-11+,19-14+/t17-,20+,21+,22+,23+,24+,25+,26+,27+,29-/m0/s1. The molecule has 0 aromatic rings. The van der Waals surface area contributed by atoms with Gasteiger partial charge in [0.15, 0.2) is 0 Å². The van der Waals surface area contributed by atoms with Crippen LogP contribution in [0, 0.1) is 23.7 Å². The van der Waals surface area contributed by atoms with Crippen LogP contribution >= 0.6 is 0 Å². The third-order valence-corrected chi connectivity index (χ3v) is 7.78. The molecule has 35 heavy (non-hydrogen) atoms. The van der Waals surface area contributed by atoms with Gasteiger partial charge in [-0.05, 0) is 61.5 Å². The van der Waals surface area contributed by atoms with Crippen molar-refractivity contribution in [2.45, 2.75) is 96.9 Å². The monoisotopic (exact) mass is 488 g/mol. The molecule has 0 amide bonds. The number of ether oxygens (including phenoxy) is 3. The van der Waals surface area contributed by atoms with E-state index < -0.39 is 24.4 Å². The molecule has 6 nitrogen and oxygen atoms in total. The molecule has 1 saturated carbocycles. The fraction of sp³-hybridized carbons (Fsp3) is 0.690. The van der Waals surface area contributed by atoms with E-state index in [-0.39, 0.29) is 31.0 Å². The van der Waals surface area contributed by atoms with Gasteiger partial charge in [-0.1, -0.05) is 57.2 Å². The van der Waals surface area contributed by atoms with Crippen molar-refractivity contribution in [2.75, 3.05) is 7.11 Å². The van der Waals surface area contributed by atoms with Crippen molar-refractivity contribution in [1.29, 1.82) is 0 Å². The van der Waals surface area contributed by atoms with Gasteiger partial charge in [-0.15, -0.1) is 0 Å². The maximum absolute atomic E-state index is 11.6. The quantitative estimate of drug-likeness (QED) is 0.367. The minimum absolute atomic E-state index is 0.0710. The summed E-state index contributed by atoms with van der Waals surface area (Å²) in [6.07, 6.45) is 12.7. The first-order chi connectivity index (χ1) is 16.6. The van der Waals surface area contributed by atoms with Crippen molar-refractivity contribution in [3.63, 3.8) is 0 Å². The Morgan fingerprint density at radius 1 is 1.23 bits per heavy atom. The zero-order valence-corrected chi connectivity index (χ0v) is 22.1. The first-order valence-corrected chi connectivity index (χ1v) is 13.1. The Balaban J connectivity index is 1.53. The molecule has 3 rings (SSSR count). The number of rotatable bonds is 9. The normalized spacial score (nSPS) is 39.0. The van der Waals surface area contributed by atoms with E-state index in [1.807, 2.05) is 6.08 Å². The number of methoxy groups -OCH3 is 1. The van der Waals surface area contributed by atoms with Gasteiger partial charge in [-0.2, -0.15) is 0 Å². The van der Waals surface area contributed by atoms with E-state index in [1.54, 1.807) is 0 Å². The molecule has 0 radical (unpaired) electrons.